The van der Waals surface area contributed by atoms with E-state index in [-0.39, 0.29) is 29.3 Å². The number of nitrogens with zero attached hydrogens (tertiary/aromatic N) is 4. The van der Waals surface area contributed by atoms with E-state index < -0.39 is 10.8 Å². The van der Waals surface area contributed by atoms with E-state index in [1.165, 1.54) is 42.6 Å². The zero-order valence-electron chi connectivity index (χ0n) is 18.1. The van der Waals surface area contributed by atoms with Crippen LogP contribution in [0.5, 0.6) is 11.5 Å². The summed E-state index contributed by atoms with van der Waals surface area (Å²) in [6.45, 7) is 2.03. The zero-order chi connectivity index (χ0) is 23.5. The Morgan fingerprint density at radius 2 is 1.88 bits per heavy atom. The van der Waals surface area contributed by atoms with Crippen molar-refractivity contribution < 1.29 is 19.2 Å². The summed E-state index contributed by atoms with van der Waals surface area (Å²) in [6, 6.07) is 13.7. The number of para-hydroxylation sites is 1. The predicted octanol–water partition coefficient (Wildman–Crippen LogP) is 4.77. The van der Waals surface area contributed by atoms with Crippen LogP contribution in [0.25, 0.3) is 10.2 Å². The van der Waals surface area contributed by atoms with Crippen LogP contribution in [0.15, 0.2) is 54.7 Å². The zero-order valence-corrected chi connectivity index (χ0v) is 19.0. The molecule has 0 saturated heterocycles. The van der Waals surface area contributed by atoms with Gasteiger partial charge in [-0.3, -0.25) is 24.8 Å². The molecule has 0 aliphatic carbocycles. The van der Waals surface area contributed by atoms with Gasteiger partial charge >= 0.3 is 0 Å². The maximum atomic E-state index is 13.8. The molecule has 2 aromatic heterocycles. The van der Waals surface area contributed by atoms with Gasteiger partial charge in [-0.25, -0.2) is 4.98 Å². The fourth-order valence-corrected chi connectivity index (χ4v) is 4.45. The molecule has 0 spiro atoms. The first-order chi connectivity index (χ1) is 15.9. The normalized spacial score (nSPS) is 10.8. The molecule has 1 amide bonds. The lowest BCUT2D eigenvalue weighted by Gasteiger charge is -2.20. The maximum absolute atomic E-state index is 13.8. The summed E-state index contributed by atoms with van der Waals surface area (Å²) in [6.07, 6.45) is 1.62. The summed E-state index contributed by atoms with van der Waals surface area (Å²) >= 11 is 1.33. The molecule has 0 N–H and O–H groups in total. The van der Waals surface area contributed by atoms with Gasteiger partial charge in [0.05, 0.1) is 47.7 Å². The van der Waals surface area contributed by atoms with Crippen LogP contribution in [0.2, 0.25) is 0 Å². The highest BCUT2D eigenvalue weighted by atomic mass is 32.1. The van der Waals surface area contributed by atoms with Gasteiger partial charge in [-0.05, 0) is 30.7 Å². The van der Waals surface area contributed by atoms with Crippen LogP contribution in [0, 0.1) is 17.0 Å². The molecule has 4 rings (SSSR count). The Bertz CT molecular complexity index is 1340. The number of thiazole rings is 1. The summed E-state index contributed by atoms with van der Waals surface area (Å²) in [4.78, 5) is 35.4. The van der Waals surface area contributed by atoms with Gasteiger partial charge in [0, 0.05) is 12.3 Å². The van der Waals surface area contributed by atoms with E-state index in [2.05, 4.69) is 9.97 Å². The second-order valence-corrected chi connectivity index (χ2v) is 8.12. The summed E-state index contributed by atoms with van der Waals surface area (Å²) in [5, 5.41) is 12.2. The van der Waals surface area contributed by atoms with Gasteiger partial charge < -0.3 is 9.47 Å². The molecule has 0 aliphatic rings. The first kappa shape index (κ1) is 22.2. The van der Waals surface area contributed by atoms with E-state index in [0.717, 1.165) is 15.8 Å². The lowest BCUT2D eigenvalue weighted by atomic mass is 10.1. The average Bonchev–Trinajstić information content (AvgIpc) is 3.27. The van der Waals surface area contributed by atoms with Crippen molar-refractivity contribution in [2.75, 3.05) is 19.1 Å². The van der Waals surface area contributed by atoms with Gasteiger partial charge in [0.25, 0.3) is 11.6 Å². The highest BCUT2D eigenvalue weighted by molar-refractivity contribution is 7.22. The fourth-order valence-electron chi connectivity index (χ4n) is 3.41. The standard InChI is InChI=1S/C23H20N4O5S/c1-14-7-6-9-20-21(14)25-23(33-20)26(13-15-8-4-5-10-24-15)22(28)16-11-18(31-2)19(32-3)12-17(16)27(29)30/h4-12H,13H2,1-3H3. The summed E-state index contributed by atoms with van der Waals surface area (Å²) < 4.78 is 11.4. The van der Waals surface area contributed by atoms with Crippen molar-refractivity contribution in [2.24, 2.45) is 0 Å². The van der Waals surface area contributed by atoms with E-state index in [0.29, 0.717) is 10.8 Å². The Balaban J connectivity index is 1.87. The summed E-state index contributed by atoms with van der Waals surface area (Å²) in [7, 11) is 2.78. The van der Waals surface area contributed by atoms with E-state index in [4.69, 9.17) is 9.47 Å². The number of carbonyl (C=O) groups is 1. The number of amides is 1. The number of ether oxygens (including phenoxy) is 2. The molecular formula is C23H20N4O5S. The van der Waals surface area contributed by atoms with Crippen molar-refractivity contribution in [2.45, 2.75) is 13.5 Å². The number of hydrogen-bond acceptors (Lipinski definition) is 8. The fraction of sp³-hybridized carbons (Fsp3) is 0.174. The van der Waals surface area contributed by atoms with Crippen molar-refractivity contribution in [1.29, 1.82) is 0 Å². The van der Waals surface area contributed by atoms with Crippen LogP contribution in [0.3, 0.4) is 0 Å². The number of nitro groups is 1. The predicted molar refractivity (Wildman–Crippen MR) is 125 cm³/mol. The van der Waals surface area contributed by atoms with E-state index in [9.17, 15) is 14.9 Å². The van der Waals surface area contributed by atoms with Crippen molar-refractivity contribution in [1.82, 2.24) is 9.97 Å². The third-order valence-corrected chi connectivity index (χ3v) is 6.10. The highest BCUT2D eigenvalue weighted by Crippen LogP contribution is 2.37. The smallest absolute Gasteiger partial charge is 0.286 e. The van der Waals surface area contributed by atoms with Crippen molar-refractivity contribution in [3.05, 3.63) is 81.7 Å². The van der Waals surface area contributed by atoms with Crippen LogP contribution in [0.4, 0.5) is 10.8 Å². The van der Waals surface area contributed by atoms with Gasteiger partial charge in [0.2, 0.25) is 0 Å². The van der Waals surface area contributed by atoms with E-state index in [1.54, 1.807) is 18.3 Å². The van der Waals surface area contributed by atoms with E-state index >= 15 is 0 Å². The minimum atomic E-state index is -0.614. The topological polar surface area (TPSA) is 108 Å². The number of pyridine rings is 1. The molecule has 4 aromatic rings. The van der Waals surface area contributed by atoms with Crippen molar-refractivity contribution in [3.8, 4) is 11.5 Å². The number of nitro benzene ring substituents is 1. The minimum absolute atomic E-state index is 0.0873. The SMILES string of the molecule is COc1cc(C(=O)N(Cc2ccccn2)c2nc3c(C)cccc3s2)c([N+](=O)[O-])cc1OC. The second-order valence-electron chi connectivity index (χ2n) is 7.11. The number of methoxy groups -OCH3 is 2. The average molecular weight is 465 g/mol. The van der Waals surface area contributed by atoms with Crippen LogP contribution < -0.4 is 14.4 Å². The molecule has 0 aliphatic heterocycles. The minimum Gasteiger partial charge on any atom is -0.493 e. The Morgan fingerprint density at radius 1 is 1.12 bits per heavy atom. The maximum Gasteiger partial charge on any atom is 0.286 e. The molecule has 168 valence electrons. The number of benzene rings is 2. The molecule has 10 heteroatoms. The third kappa shape index (κ3) is 4.33. The number of carbonyl (C=O) groups excluding carboxylic acids is 1. The molecule has 9 nitrogen and oxygen atoms in total. The lowest BCUT2D eigenvalue weighted by Crippen LogP contribution is -2.31. The Labute approximate surface area is 193 Å². The molecule has 2 aromatic carbocycles. The van der Waals surface area contributed by atoms with Gasteiger partial charge in [0.1, 0.15) is 5.56 Å². The molecule has 0 radical (unpaired) electrons. The molecule has 0 unspecified atom stereocenters. The molecular weight excluding hydrogens is 444 g/mol. The summed E-state index contributed by atoms with van der Waals surface area (Å²) in [5.74, 6) is -0.220. The molecule has 0 atom stereocenters. The van der Waals surface area contributed by atoms with Crippen LogP contribution in [-0.4, -0.2) is 35.0 Å². The van der Waals surface area contributed by atoms with Crippen molar-refractivity contribution >= 4 is 38.3 Å². The molecule has 33 heavy (non-hydrogen) atoms. The molecule has 0 fully saturated rings. The number of aromatic nitrogens is 2. The van der Waals surface area contributed by atoms with E-state index in [1.807, 2.05) is 31.2 Å². The molecule has 2 heterocycles. The van der Waals surface area contributed by atoms with Gasteiger partial charge in [-0.15, -0.1) is 0 Å². The summed E-state index contributed by atoms with van der Waals surface area (Å²) in [5.41, 5.74) is 1.84. The second kappa shape index (κ2) is 9.21. The molecule has 0 saturated carbocycles. The lowest BCUT2D eigenvalue weighted by molar-refractivity contribution is -0.385. The Morgan fingerprint density at radius 3 is 2.52 bits per heavy atom. The number of hydrogen-bond donors (Lipinski definition) is 0. The molecule has 0 bridgehead atoms. The van der Waals surface area contributed by atoms with Crippen LogP contribution in [0.1, 0.15) is 21.6 Å². The first-order valence-electron chi connectivity index (χ1n) is 9.91. The van der Waals surface area contributed by atoms with Crippen molar-refractivity contribution in [3.63, 3.8) is 0 Å². The third-order valence-electron chi connectivity index (χ3n) is 5.06. The Hall–Kier alpha value is -4.05. The monoisotopic (exact) mass is 464 g/mol. The quantitative estimate of drug-likeness (QED) is 0.286. The highest BCUT2D eigenvalue weighted by Gasteiger charge is 2.30. The van der Waals surface area contributed by atoms with Crippen LogP contribution in [-0.2, 0) is 6.54 Å². The number of aryl methyl sites for hydroxylation is 1. The first-order valence-corrected chi connectivity index (χ1v) is 10.7. The van der Waals surface area contributed by atoms with Crippen LogP contribution >= 0.6 is 11.3 Å². The van der Waals surface area contributed by atoms with Gasteiger partial charge in [-0.1, -0.05) is 29.5 Å². The van der Waals surface area contributed by atoms with Gasteiger partial charge in [0.15, 0.2) is 16.6 Å². The number of fused-ring (bicyclic) bond motifs is 1. The van der Waals surface area contributed by atoms with Gasteiger partial charge in [-0.2, -0.15) is 0 Å². The Kier molecular flexibility index (Phi) is 6.18. The number of rotatable bonds is 7. The number of anilines is 1. The largest absolute Gasteiger partial charge is 0.493 e.